The van der Waals surface area contributed by atoms with Crippen molar-refractivity contribution in [2.45, 2.75) is 84.8 Å². The highest BCUT2D eigenvalue weighted by atomic mass is 32.2. The molecule has 6 aromatic rings. The Hall–Kier alpha value is -5.09. The number of nitrogens with zero attached hydrogens (tertiary/aromatic N) is 5. The van der Waals surface area contributed by atoms with Crippen molar-refractivity contribution in [3.8, 4) is 22.4 Å². The predicted molar refractivity (Wildman–Crippen MR) is 233 cm³/mol. The van der Waals surface area contributed by atoms with Gasteiger partial charge in [0, 0.05) is 52.7 Å². The van der Waals surface area contributed by atoms with E-state index in [-0.39, 0.29) is 50.5 Å². The fraction of sp³-hybridized carbons (Fsp3) is 0.435. The third-order valence-electron chi connectivity index (χ3n) is 14.7. The van der Waals surface area contributed by atoms with Crippen LogP contribution in [0.3, 0.4) is 0 Å². The highest BCUT2D eigenvalue weighted by Gasteiger charge is 2.84. The van der Waals surface area contributed by atoms with Crippen LogP contribution in [-0.2, 0) is 21.4 Å². The van der Waals surface area contributed by atoms with Gasteiger partial charge in [0.05, 0.1) is 39.0 Å². The molecule has 0 saturated heterocycles. The fourth-order valence-electron chi connectivity index (χ4n) is 13.0. The average Bonchev–Trinajstić information content (AvgIpc) is 3.84. The van der Waals surface area contributed by atoms with E-state index in [1.165, 1.54) is 11.3 Å². The molecule has 1 spiro atoms. The topological polar surface area (TPSA) is 186 Å². The largest absolute Gasteiger partial charge is 0.476 e. The minimum Gasteiger partial charge on any atom is -0.476 e. The van der Waals surface area contributed by atoms with Crippen LogP contribution in [0, 0.1) is 34.5 Å². The summed E-state index contributed by atoms with van der Waals surface area (Å²) in [6.07, 6.45) is 10.1. The quantitative estimate of drug-likeness (QED) is 0.0941. The number of carboxylic acid groups (broad SMARTS) is 1. The normalized spacial score (nSPS) is 28.0. The van der Waals surface area contributed by atoms with Crippen molar-refractivity contribution in [3.05, 3.63) is 90.0 Å². The zero-order valence-electron chi connectivity index (χ0n) is 34.6. The second kappa shape index (κ2) is 13.7. The molecule has 10 rings (SSSR count). The van der Waals surface area contributed by atoms with Crippen LogP contribution in [0.2, 0.25) is 0 Å². The lowest BCUT2D eigenvalue weighted by atomic mass is 9.39. The number of amides is 1. The monoisotopic (exact) mass is 860 g/mol. The summed E-state index contributed by atoms with van der Waals surface area (Å²) in [5, 5.41) is 19.5. The number of carboxylic acids is 1. The maximum Gasteiger partial charge on any atom is 0.355 e. The van der Waals surface area contributed by atoms with E-state index in [2.05, 4.69) is 38.8 Å². The maximum absolute atomic E-state index is 13.6. The van der Waals surface area contributed by atoms with Gasteiger partial charge in [0.25, 0.3) is 16.0 Å². The van der Waals surface area contributed by atoms with Gasteiger partial charge in [-0.05, 0) is 122 Å². The molecule has 2 aromatic carbocycles. The molecule has 0 radical (unpaired) electrons. The van der Waals surface area contributed by atoms with Crippen LogP contribution < -0.4 is 5.32 Å². The van der Waals surface area contributed by atoms with Gasteiger partial charge in [-0.3, -0.25) is 24.3 Å². The number of anilines is 1. The molecule has 15 heteroatoms. The zero-order chi connectivity index (χ0) is 42.7. The van der Waals surface area contributed by atoms with Crippen molar-refractivity contribution >= 4 is 59.6 Å². The van der Waals surface area contributed by atoms with E-state index in [9.17, 15) is 27.7 Å². The number of thiazole rings is 1. The highest BCUT2D eigenvalue weighted by Crippen LogP contribution is 2.90. The van der Waals surface area contributed by atoms with Crippen molar-refractivity contribution < 1.29 is 32.4 Å². The van der Waals surface area contributed by atoms with Gasteiger partial charge in [-0.1, -0.05) is 50.3 Å². The summed E-state index contributed by atoms with van der Waals surface area (Å²) in [4.78, 5) is 40.4. The Balaban J connectivity index is 0.920. The Morgan fingerprint density at radius 1 is 0.951 bits per heavy atom. The first-order chi connectivity index (χ1) is 28.9. The van der Waals surface area contributed by atoms with Gasteiger partial charge < -0.3 is 9.84 Å². The SMILES string of the molecule is Cc1c(-c2ccc(-c3cnc4cccc(C(=O)Nc5nc6ccccc6s5)c4c3)nc2C(=O)O)cnn1CC12CC3(OCCC(C)CS(=O)(=O)O)CC4(C)CC(C)(C1)C2(C4)C3. The summed E-state index contributed by atoms with van der Waals surface area (Å²) in [6, 6.07) is 18.4. The molecule has 3 N–H and O–H groups in total. The summed E-state index contributed by atoms with van der Waals surface area (Å²) >= 11 is 1.40. The van der Waals surface area contributed by atoms with Gasteiger partial charge >= 0.3 is 5.97 Å². The second-order valence-electron chi connectivity index (χ2n) is 19.2. The van der Waals surface area contributed by atoms with Gasteiger partial charge in [-0.15, -0.1) is 0 Å². The standard InChI is InChI=1S/C46H48N6O7S2/c1-27(19-61(56,57)58)14-15-59-45-21-42(3)20-43(4)23-44(24-45,46(43,22-42)25-45)26-52-28(2)33(18-48-52)30-12-13-34(49-38(30)40(54)55)29-16-32-31(8-7-10-35(32)47-17-29)39(53)51-41-50-36-9-5-6-11-37(36)60-41/h5-13,16-18,27H,14-15,19-26H2,1-4H3,(H,54,55)(H,50,51,53)(H,56,57,58). The van der Waals surface area contributed by atoms with Crippen molar-refractivity contribution in [1.29, 1.82) is 0 Å². The number of aromatic carboxylic acids is 1. The number of rotatable bonds is 13. The minimum atomic E-state index is -4.05. The molecule has 4 saturated carbocycles. The average molecular weight is 861 g/mol. The lowest BCUT2D eigenvalue weighted by molar-refractivity contribution is -0.178. The second-order valence-corrected chi connectivity index (χ2v) is 21.7. The Kier molecular flexibility index (Phi) is 8.99. The number of carbonyl (C=O) groups excluding carboxylic acids is 1. The molecule has 6 atom stereocenters. The summed E-state index contributed by atoms with van der Waals surface area (Å²) in [7, 11) is -4.05. The van der Waals surface area contributed by atoms with Crippen LogP contribution in [-0.4, -0.2) is 72.6 Å². The van der Waals surface area contributed by atoms with E-state index >= 15 is 0 Å². The molecular formula is C46H48N6O7S2. The molecule has 6 unspecified atom stereocenters. The third kappa shape index (κ3) is 6.49. The molecular weight excluding hydrogens is 813 g/mol. The maximum atomic E-state index is 13.6. The van der Waals surface area contributed by atoms with Gasteiger partial charge in [0.2, 0.25) is 0 Å². The van der Waals surface area contributed by atoms with Gasteiger partial charge in [-0.2, -0.15) is 13.5 Å². The van der Waals surface area contributed by atoms with E-state index in [1.54, 1.807) is 36.7 Å². The number of para-hydroxylation sites is 1. The smallest absolute Gasteiger partial charge is 0.355 e. The Bertz CT molecular complexity index is 2900. The van der Waals surface area contributed by atoms with Crippen molar-refractivity contribution in [2.24, 2.45) is 27.6 Å². The molecule has 3 bridgehead atoms. The number of benzene rings is 2. The van der Waals surface area contributed by atoms with Gasteiger partial charge in [0.15, 0.2) is 10.8 Å². The molecule has 61 heavy (non-hydrogen) atoms. The molecule has 0 aliphatic heterocycles. The first kappa shape index (κ1) is 40.0. The van der Waals surface area contributed by atoms with Crippen molar-refractivity contribution in [2.75, 3.05) is 17.7 Å². The lowest BCUT2D eigenvalue weighted by Gasteiger charge is -2.65. The lowest BCUT2D eigenvalue weighted by Crippen LogP contribution is -2.60. The Morgan fingerprint density at radius 3 is 2.54 bits per heavy atom. The number of hydrogen-bond donors (Lipinski definition) is 3. The third-order valence-corrected chi connectivity index (χ3v) is 16.7. The van der Waals surface area contributed by atoms with E-state index < -0.39 is 16.1 Å². The molecule has 4 fully saturated rings. The summed E-state index contributed by atoms with van der Waals surface area (Å²) < 4.78 is 42.3. The van der Waals surface area contributed by atoms with Crippen molar-refractivity contribution in [1.82, 2.24) is 24.7 Å². The van der Waals surface area contributed by atoms with Crippen LogP contribution in [0.15, 0.2) is 73.1 Å². The minimum absolute atomic E-state index is 0.0465. The van der Waals surface area contributed by atoms with E-state index in [4.69, 9.17) is 9.84 Å². The molecule has 316 valence electrons. The fourth-order valence-corrected chi connectivity index (χ4v) is 14.8. The van der Waals surface area contributed by atoms with E-state index in [0.717, 1.165) is 54.4 Å². The van der Waals surface area contributed by atoms with Crippen LogP contribution >= 0.6 is 11.3 Å². The number of pyridine rings is 2. The van der Waals surface area contributed by atoms with Crippen LogP contribution in [0.5, 0.6) is 0 Å². The van der Waals surface area contributed by atoms with E-state index in [1.807, 2.05) is 50.2 Å². The zero-order valence-corrected chi connectivity index (χ0v) is 36.2. The molecule has 1 amide bonds. The summed E-state index contributed by atoms with van der Waals surface area (Å²) in [5.74, 6) is -1.98. The molecule has 4 aromatic heterocycles. The summed E-state index contributed by atoms with van der Waals surface area (Å²) in [6.45, 7) is 9.82. The molecule has 4 aliphatic rings. The molecule has 4 heterocycles. The van der Waals surface area contributed by atoms with Crippen molar-refractivity contribution in [3.63, 3.8) is 0 Å². The predicted octanol–water partition coefficient (Wildman–Crippen LogP) is 9.08. The van der Waals surface area contributed by atoms with Gasteiger partial charge in [0.1, 0.15) is 0 Å². The number of fused-ring (bicyclic) bond motifs is 4. The molecule has 4 aliphatic carbocycles. The Morgan fingerprint density at radius 2 is 1.75 bits per heavy atom. The number of aromatic nitrogens is 5. The Labute approximate surface area is 357 Å². The number of hydrogen-bond acceptors (Lipinski definition) is 10. The first-order valence-electron chi connectivity index (χ1n) is 20.8. The highest BCUT2D eigenvalue weighted by molar-refractivity contribution is 7.85. The first-order valence-corrected chi connectivity index (χ1v) is 23.3. The number of nitrogens with one attached hydrogen (secondary N) is 1. The van der Waals surface area contributed by atoms with Gasteiger partial charge in [-0.25, -0.2) is 14.8 Å². The van der Waals surface area contributed by atoms with E-state index in [0.29, 0.717) is 63.6 Å². The summed E-state index contributed by atoms with van der Waals surface area (Å²) in [5.41, 5.74) is 4.83. The number of carbonyl (C=O) groups is 2. The number of ether oxygens (including phenoxy) is 1. The molecule has 13 nitrogen and oxygen atoms in total. The van der Waals surface area contributed by atoms with Crippen LogP contribution in [0.25, 0.3) is 43.5 Å². The van der Waals surface area contributed by atoms with Crippen LogP contribution in [0.4, 0.5) is 5.13 Å². The van der Waals surface area contributed by atoms with Crippen LogP contribution in [0.1, 0.15) is 92.3 Å².